The van der Waals surface area contributed by atoms with Crippen molar-refractivity contribution >= 4 is 43.6 Å². The second-order valence-electron chi connectivity index (χ2n) is 19.3. The van der Waals surface area contributed by atoms with Crippen molar-refractivity contribution in [2.75, 3.05) is 0 Å². The lowest BCUT2D eigenvalue weighted by Gasteiger charge is -2.17. The molecule has 2 heterocycles. The predicted octanol–water partition coefficient (Wildman–Crippen LogP) is 19.5. The van der Waals surface area contributed by atoms with Crippen LogP contribution in [0.5, 0.6) is 0 Å². The van der Waals surface area contributed by atoms with E-state index in [1.165, 1.54) is 93.7 Å². The summed E-state index contributed by atoms with van der Waals surface area (Å²) in [6, 6.07) is 107. The average Bonchev–Trinajstić information content (AvgIpc) is 4.01. The Bertz CT molecular complexity index is 4280. The fraction of sp³-hybridized carbons (Fsp3) is 0. The number of nitrogens with zero attached hydrogens (tertiary/aromatic N) is 2. The van der Waals surface area contributed by atoms with Crippen LogP contribution in [0, 0.1) is 0 Å². The minimum absolute atomic E-state index is 1.13. The Morgan fingerprint density at radius 1 is 0.162 bits per heavy atom. The molecule has 0 radical (unpaired) electrons. The van der Waals surface area contributed by atoms with E-state index >= 15 is 0 Å². The van der Waals surface area contributed by atoms with Gasteiger partial charge in [-0.2, -0.15) is 0 Å². The molecule has 2 nitrogen and oxygen atoms in total. The number of benzene rings is 12. The smallest absolute Gasteiger partial charge is 0.0541 e. The summed E-state index contributed by atoms with van der Waals surface area (Å²) < 4.78 is 4.78. The molecule has 0 unspecified atom stereocenters. The molecule has 0 spiro atoms. The Balaban J connectivity index is 0.923. The first-order chi connectivity index (χ1) is 36.7. The molecule has 346 valence electrons. The monoisotopic (exact) mass is 940 g/mol. The average molecular weight is 941 g/mol. The van der Waals surface area contributed by atoms with Crippen LogP contribution < -0.4 is 0 Å². The summed E-state index contributed by atoms with van der Waals surface area (Å²) >= 11 is 0. The normalized spacial score (nSPS) is 11.5. The Kier molecular flexibility index (Phi) is 10.6. The van der Waals surface area contributed by atoms with Gasteiger partial charge >= 0.3 is 0 Å². The molecule has 2 aromatic heterocycles. The van der Waals surface area contributed by atoms with E-state index in [4.69, 9.17) is 0 Å². The van der Waals surface area contributed by atoms with Gasteiger partial charge in [-0.15, -0.1) is 0 Å². The molecular weight excluding hydrogens is 893 g/mol. The standard InChI is InChI=1S/C72H48N2/c1-3-17-49(18-4-1)53-21-15-22-54(43-53)55-23-16-24-56(44-55)59-45-58(50-19-5-2-6-20-50)46-60(47-59)68-48-57(51-33-38-61(39-34-51)73-69-29-11-7-25-64(69)65-26-8-12-30-70(65)73)37-42-63(68)52-35-40-62(41-36-52)74-71-31-13-9-27-66(71)67-28-10-14-32-72(67)74/h1-48H. The van der Waals surface area contributed by atoms with Gasteiger partial charge in [0, 0.05) is 32.9 Å². The Hall–Kier alpha value is -9.76. The first-order valence-corrected chi connectivity index (χ1v) is 25.5. The van der Waals surface area contributed by atoms with E-state index in [2.05, 4.69) is 300 Å². The van der Waals surface area contributed by atoms with Crippen molar-refractivity contribution in [3.05, 3.63) is 291 Å². The SMILES string of the molecule is c1ccc(-c2cccc(-c3cccc(-c4cc(-c5ccccc5)cc(-c5cc(-c6ccc(-n7c8ccccc8c8ccccc87)cc6)ccc5-c5ccc(-n6c7ccccc7c7ccccc76)cc5)c4)c3)c2)cc1. The summed E-state index contributed by atoms with van der Waals surface area (Å²) in [4.78, 5) is 0. The van der Waals surface area contributed by atoms with Crippen molar-refractivity contribution in [2.45, 2.75) is 0 Å². The molecule has 2 heteroatoms. The Morgan fingerprint density at radius 2 is 0.459 bits per heavy atom. The molecule has 0 bridgehead atoms. The van der Waals surface area contributed by atoms with Crippen LogP contribution in [0.4, 0.5) is 0 Å². The summed E-state index contributed by atoms with van der Waals surface area (Å²) in [7, 11) is 0. The lowest BCUT2D eigenvalue weighted by Crippen LogP contribution is -1.95. The van der Waals surface area contributed by atoms with Crippen LogP contribution in [0.1, 0.15) is 0 Å². The molecular formula is C72H48N2. The quantitative estimate of drug-likeness (QED) is 0.136. The molecule has 0 aliphatic heterocycles. The lowest BCUT2D eigenvalue weighted by atomic mass is 9.87. The Labute approximate surface area is 431 Å². The topological polar surface area (TPSA) is 9.86 Å². The summed E-state index contributed by atoms with van der Waals surface area (Å²) in [6.45, 7) is 0. The highest BCUT2D eigenvalue weighted by atomic mass is 15.0. The van der Waals surface area contributed by atoms with Gasteiger partial charge in [0.15, 0.2) is 0 Å². The van der Waals surface area contributed by atoms with Gasteiger partial charge in [0.1, 0.15) is 0 Å². The van der Waals surface area contributed by atoms with E-state index < -0.39 is 0 Å². The van der Waals surface area contributed by atoms with Gasteiger partial charge < -0.3 is 9.13 Å². The molecule has 14 rings (SSSR count). The summed E-state index contributed by atoms with van der Waals surface area (Å²) in [5.41, 5.74) is 23.5. The predicted molar refractivity (Wildman–Crippen MR) is 313 cm³/mol. The zero-order valence-corrected chi connectivity index (χ0v) is 40.6. The van der Waals surface area contributed by atoms with E-state index in [0.717, 1.165) is 39.2 Å². The Morgan fingerprint density at radius 3 is 0.932 bits per heavy atom. The van der Waals surface area contributed by atoms with Gasteiger partial charge in [0.05, 0.1) is 22.1 Å². The number of hydrogen-bond donors (Lipinski definition) is 0. The van der Waals surface area contributed by atoms with Gasteiger partial charge in [-0.05, 0) is 163 Å². The van der Waals surface area contributed by atoms with Crippen molar-refractivity contribution in [2.24, 2.45) is 0 Å². The number of hydrogen-bond acceptors (Lipinski definition) is 0. The highest BCUT2D eigenvalue weighted by Crippen LogP contribution is 2.42. The molecule has 0 saturated carbocycles. The summed E-state index contributed by atoms with van der Waals surface area (Å²) in [6.07, 6.45) is 0. The van der Waals surface area contributed by atoms with E-state index in [1.54, 1.807) is 0 Å². The minimum atomic E-state index is 1.13. The van der Waals surface area contributed by atoms with Crippen molar-refractivity contribution in [1.29, 1.82) is 0 Å². The molecule has 12 aromatic carbocycles. The molecule has 0 aliphatic carbocycles. The lowest BCUT2D eigenvalue weighted by molar-refractivity contribution is 1.18. The second kappa shape index (κ2) is 18.1. The minimum Gasteiger partial charge on any atom is -0.309 e. The summed E-state index contributed by atoms with van der Waals surface area (Å²) in [5.74, 6) is 0. The summed E-state index contributed by atoms with van der Waals surface area (Å²) in [5, 5.41) is 5.04. The molecule has 0 saturated heterocycles. The molecule has 0 aliphatic rings. The van der Waals surface area contributed by atoms with Gasteiger partial charge in [0.2, 0.25) is 0 Å². The fourth-order valence-electron chi connectivity index (χ4n) is 11.3. The van der Waals surface area contributed by atoms with Crippen molar-refractivity contribution in [3.63, 3.8) is 0 Å². The fourth-order valence-corrected chi connectivity index (χ4v) is 11.3. The zero-order chi connectivity index (χ0) is 49.0. The second-order valence-corrected chi connectivity index (χ2v) is 19.3. The van der Waals surface area contributed by atoms with Crippen LogP contribution in [-0.2, 0) is 0 Å². The highest BCUT2D eigenvalue weighted by Gasteiger charge is 2.18. The van der Waals surface area contributed by atoms with Crippen LogP contribution in [-0.4, -0.2) is 9.13 Å². The molecule has 0 atom stereocenters. The van der Waals surface area contributed by atoms with Gasteiger partial charge in [-0.3, -0.25) is 0 Å². The third kappa shape index (κ3) is 7.60. The molecule has 14 aromatic rings. The maximum absolute atomic E-state index is 2.41. The van der Waals surface area contributed by atoms with Crippen molar-refractivity contribution in [3.8, 4) is 89.3 Å². The third-order valence-corrected chi connectivity index (χ3v) is 14.9. The van der Waals surface area contributed by atoms with Crippen LogP contribution in [0.2, 0.25) is 0 Å². The van der Waals surface area contributed by atoms with Crippen molar-refractivity contribution in [1.82, 2.24) is 9.13 Å². The number of rotatable bonds is 9. The van der Waals surface area contributed by atoms with Crippen molar-refractivity contribution < 1.29 is 0 Å². The van der Waals surface area contributed by atoms with E-state index in [1.807, 2.05) is 0 Å². The van der Waals surface area contributed by atoms with Gasteiger partial charge in [-0.25, -0.2) is 0 Å². The number of fused-ring (bicyclic) bond motifs is 6. The third-order valence-electron chi connectivity index (χ3n) is 14.9. The van der Waals surface area contributed by atoms with Crippen LogP contribution in [0.15, 0.2) is 291 Å². The highest BCUT2D eigenvalue weighted by molar-refractivity contribution is 6.10. The molecule has 0 fully saturated rings. The molecule has 0 amide bonds. The maximum Gasteiger partial charge on any atom is 0.0541 e. The van der Waals surface area contributed by atoms with Gasteiger partial charge in [0.25, 0.3) is 0 Å². The van der Waals surface area contributed by atoms with E-state index in [0.29, 0.717) is 0 Å². The largest absolute Gasteiger partial charge is 0.309 e. The maximum atomic E-state index is 2.41. The first-order valence-electron chi connectivity index (χ1n) is 25.5. The zero-order valence-electron chi connectivity index (χ0n) is 40.6. The van der Waals surface area contributed by atoms with Crippen LogP contribution in [0.3, 0.4) is 0 Å². The number of para-hydroxylation sites is 4. The van der Waals surface area contributed by atoms with E-state index in [-0.39, 0.29) is 0 Å². The van der Waals surface area contributed by atoms with Crippen LogP contribution >= 0.6 is 0 Å². The molecule has 74 heavy (non-hydrogen) atoms. The van der Waals surface area contributed by atoms with E-state index in [9.17, 15) is 0 Å². The van der Waals surface area contributed by atoms with Crippen LogP contribution in [0.25, 0.3) is 133 Å². The molecule has 0 N–H and O–H groups in total. The number of aromatic nitrogens is 2. The first kappa shape index (κ1) is 43.1. The van der Waals surface area contributed by atoms with Gasteiger partial charge in [-0.1, -0.05) is 206 Å².